The standard InChI is InChI=1S/C88H75BN4SSe/c1-85(2,3)53-34-40-71-63(44-53)64-45-54(86(4,5)6)35-41-72(64)90(71)57-38-39-67-75(48-57)93(68-30-20-16-26-59(68)52-24-14-13-15-25-52)77-49-58(91-69-31-21-17-27-60(69)61-28-18-22-32-70(61)91)50-79-82(77)89(67)83-80(95-79)51-76(81-62-29-19-23-33-78(62)94-84(81)83)92-73-42-36-55(87(7,8)9)46-65(73)66-47-56(88(10,11)12)37-43-74(66)92/h13-51H,1-12H3. The zero-order chi connectivity index (χ0) is 64.9. The van der Waals surface area contributed by atoms with E-state index in [9.17, 15) is 0 Å². The minimum absolute atomic E-state index is 0.0221. The van der Waals surface area contributed by atoms with Crippen LogP contribution in [0.3, 0.4) is 0 Å². The van der Waals surface area contributed by atoms with Crippen molar-refractivity contribution < 1.29 is 0 Å². The predicted octanol–water partition coefficient (Wildman–Crippen LogP) is 20.5. The van der Waals surface area contributed by atoms with E-state index < -0.39 is 0 Å². The van der Waals surface area contributed by atoms with Crippen molar-refractivity contribution in [2.24, 2.45) is 0 Å². The van der Waals surface area contributed by atoms with Crippen molar-refractivity contribution in [1.29, 1.82) is 0 Å². The number of benzene rings is 12. The quantitative estimate of drug-likeness (QED) is 0.157. The minimum atomic E-state index is -0.149. The Balaban J connectivity index is 0.981. The van der Waals surface area contributed by atoms with E-state index in [1.807, 2.05) is 11.3 Å². The second kappa shape index (κ2) is 20.6. The SMILES string of the molecule is CC(C)(C)c1ccc2c(c1)c1cc(C(C)(C)C)ccc1n2-c1ccc2c(c1)N(c1ccccc1-c1ccccc1)c1cc(-n3c4ccccc4c4ccccc43)cc3c1B2c1c(cc(-n2c4ccc(C(C)(C)C)cc4c4cc(C(C)(C)C)ccc42)c2c1sc1ccccc12)[Se]3. The molecule has 7 heteroatoms. The molecular weight excluding hydrogens is 1230 g/mol. The number of aromatic nitrogens is 3. The van der Waals surface area contributed by atoms with Crippen LogP contribution < -0.4 is 30.2 Å². The average Bonchev–Trinajstić information content (AvgIpc) is 1.68. The number of para-hydroxylation sites is 3. The number of fused-ring (bicyclic) bond motifs is 17. The van der Waals surface area contributed by atoms with Crippen LogP contribution in [0.4, 0.5) is 17.1 Å². The zero-order valence-corrected chi connectivity index (χ0v) is 58.7. The van der Waals surface area contributed by atoms with Crippen LogP contribution >= 0.6 is 11.3 Å². The van der Waals surface area contributed by atoms with Crippen LogP contribution in [0.2, 0.25) is 0 Å². The van der Waals surface area contributed by atoms with E-state index in [-0.39, 0.29) is 43.3 Å². The van der Waals surface area contributed by atoms with E-state index in [1.54, 1.807) is 0 Å². The van der Waals surface area contributed by atoms with Crippen LogP contribution in [0.5, 0.6) is 0 Å². The van der Waals surface area contributed by atoms with Crippen LogP contribution in [-0.4, -0.2) is 35.4 Å². The molecule has 0 spiro atoms. The average molecular weight is 1310 g/mol. The summed E-state index contributed by atoms with van der Waals surface area (Å²) < 4.78 is 13.3. The summed E-state index contributed by atoms with van der Waals surface area (Å²) >= 11 is 1.85. The molecule has 6 heterocycles. The van der Waals surface area contributed by atoms with Gasteiger partial charge in [0.1, 0.15) is 0 Å². The Morgan fingerprint density at radius 1 is 0.326 bits per heavy atom. The molecule has 0 amide bonds. The fourth-order valence-electron chi connectivity index (χ4n) is 15.9. The van der Waals surface area contributed by atoms with Crippen molar-refractivity contribution in [2.45, 2.75) is 105 Å². The summed E-state index contributed by atoms with van der Waals surface area (Å²) in [5.74, 6) is 0. The van der Waals surface area contributed by atoms with Gasteiger partial charge in [-0.2, -0.15) is 0 Å². The molecule has 0 bridgehead atoms. The maximum absolute atomic E-state index is 2.69. The fraction of sp³-hybridized carbons (Fsp3) is 0.182. The molecule has 12 aromatic carbocycles. The molecule has 0 saturated carbocycles. The first kappa shape index (κ1) is 58.2. The summed E-state index contributed by atoms with van der Waals surface area (Å²) in [6.07, 6.45) is 0. The second-order valence-electron chi connectivity index (χ2n) is 31.0. The molecular formula is C88H75BN4SSe. The molecule has 2 aliphatic rings. The first-order valence-corrected chi connectivity index (χ1v) is 36.3. The third kappa shape index (κ3) is 8.85. The molecule has 18 rings (SSSR count). The van der Waals surface area contributed by atoms with E-state index in [0.717, 1.165) is 11.4 Å². The van der Waals surface area contributed by atoms with E-state index in [2.05, 4.69) is 338 Å². The molecule has 0 atom stereocenters. The van der Waals surface area contributed by atoms with E-state index >= 15 is 0 Å². The predicted molar refractivity (Wildman–Crippen MR) is 413 cm³/mol. The third-order valence-electron chi connectivity index (χ3n) is 20.9. The van der Waals surface area contributed by atoms with Crippen molar-refractivity contribution in [3.63, 3.8) is 0 Å². The Bertz CT molecular complexity index is 5750. The summed E-state index contributed by atoms with van der Waals surface area (Å²) in [4.78, 5) is 2.69. The molecule has 0 unspecified atom stereocenters. The molecule has 16 aromatic rings. The van der Waals surface area contributed by atoms with Crippen LogP contribution in [0.1, 0.15) is 105 Å². The van der Waals surface area contributed by atoms with Gasteiger partial charge in [-0.1, -0.05) is 41.5 Å². The monoisotopic (exact) mass is 1310 g/mol. The van der Waals surface area contributed by atoms with Gasteiger partial charge in [-0.05, 0) is 10.8 Å². The Hall–Kier alpha value is -9.36. The molecule has 4 nitrogen and oxygen atoms in total. The van der Waals surface area contributed by atoms with Crippen LogP contribution in [0.15, 0.2) is 237 Å². The Kier molecular flexibility index (Phi) is 12.6. The summed E-state index contributed by atoms with van der Waals surface area (Å²) in [5, 5.41) is 10.3. The summed E-state index contributed by atoms with van der Waals surface area (Å²) in [6, 6.07) is 92.0. The molecule has 0 aliphatic carbocycles. The van der Waals surface area contributed by atoms with Crippen molar-refractivity contribution >= 4 is 161 Å². The fourth-order valence-corrected chi connectivity index (χ4v) is 20.0. The first-order chi connectivity index (χ1) is 45.7. The number of anilines is 3. The van der Waals surface area contributed by atoms with Gasteiger partial charge in [0.2, 0.25) is 0 Å². The van der Waals surface area contributed by atoms with Crippen LogP contribution in [0.25, 0.3) is 114 Å². The van der Waals surface area contributed by atoms with Gasteiger partial charge in [-0.3, -0.25) is 0 Å². The number of thiophene rings is 1. The zero-order valence-electron chi connectivity index (χ0n) is 56.2. The van der Waals surface area contributed by atoms with Crippen molar-refractivity contribution in [2.75, 3.05) is 4.90 Å². The van der Waals surface area contributed by atoms with Gasteiger partial charge in [0.05, 0.1) is 0 Å². The summed E-state index contributed by atoms with van der Waals surface area (Å²) in [7, 11) is 0. The third-order valence-corrected chi connectivity index (χ3v) is 24.4. The number of nitrogens with zero attached hydrogens (tertiary/aromatic N) is 4. The molecule has 0 fully saturated rings. The van der Waals surface area contributed by atoms with E-state index in [1.165, 1.54) is 167 Å². The summed E-state index contributed by atoms with van der Waals surface area (Å²) in [5.41, 5.74) is 26.2. The topological polar surface area (TPSA) is 18.0 Å². The van der Waals surface area contributed by atoms with Crippen molar-refractivity contribution in [3.05, 3.63) is 259 Å². The van der Waals surface area contributed by atoms with Crippen LogP contribution in [0, 0.1) is 0 Å². The van der Waals surface area contributed by atoms with Crippen molar-refractivity contribution in [1.82, 2.24) is 13.7 Å². The van der Waals surface area contributed by atoms with E-state index in [0.29, 0.717) is 0 Å². The van der Waals surface area contributed by atoms with Gasteiger partial charge in [0.15, 0.2) is 0 Å². The van der Waals surface area contributed by atoms with Crippen molar-refractivity contribution in [3.8, 4) is 28.2 Å². The number of rotatable bonds is 5. The van der Waals surface area contributed by atoms with Gasteiger partial charge in [0, 0.05) is 0 Å². The maximum atomic E-state index is 2.69. The molecule has 0 saturated heterocycles. The molecule has 0 N–H and O–H groups in total. The van der Waals surface area contributed by atoms with Gasteiger partial charge in [-0.15, -0.1) is 0 Å². The Morgan fingerprint density at radius 2 is 0.779 bits per heavy atom. The Morgan fingerprint density at radius 3 is 1.34 bits per heavy atom. The Labute approximate surface area is 567 Å². The first-order valence-electron chi connectivity index (χ1n) is 33.8. The number of hydrogen-bond donors (Lipinski definition) is 0. The van der Waals surface area contributed by atoms with Gasteiger partial charge in [0.25, 0.3) is 0 Å². The normalized spacial score (nSPS) is 13.6. The molecule has 462 valence electrons. The second-order valence-corrected chi connectivity index (χ2v) is 34.3. The van der Waals surface area contributed by atoms with E-state index in [4.69, 9.17) is 0 Å². The van der Waals surface area contributed by atoms with Gasteiger partial charge < -0.3 is 0 Å². The molecule has 0 radical (unpaired) electrons. The van der Waals surface area contributed by atoms with Gasteiger partial charge >= 0.3 is 519 Å². The molecule has 95 heavy (non-hydrogen) atoms. The van der Waals surface area contributed by atoms with Crippen LogP contribution in [-0.2, 0) is 21.7 Å². The molecule has 2 aliphatic heterocycles. The van der Waals surface area contributed by atoms with Gasteiger partial charge in [-0.25, -0.2) is 0 Å². The number of hydrogen-bond acceptors (Lipinski definition) is 2. The molecule has 4 aromatic heterocycles. The summed E-state index contributed by atoms with van der Waals surface area (Å²) in [6.45, 7) is 28.0.